The molecule has 1 amide bonds. The van der Waals surface area contributed by atoms with Crippen molar-refractivity contribution < 1.29 is 4.79 Å². The highest BCUT2D eigenvalue weighted by Gasteiger charge is 2.14. The molecule has 0 heterocycles. The number of nitrogens with zero attached hydrogens (tertiary/aromatic N) is 1. The molecule has 1 rings (SSSR count). The molecule has 0 aromatic heterocycles. The normalized spacial score (nSPS) is 12.2. The molecule has 19 heavy (non-hydrogen) atoms. The number of benzene rings is 1. The predicted molar refractivity (Wildman–Crippen MR) is 79.7 cm³/mol. The van der Waals surface area contributed by atoms with E-state index in [1.807, 2.05) is 36.1 Å². The third-order valence-electron chi connectivity index (χ3n) is 3.58. The first-order chi connectivity index (χ1) is 9.10. The molecular formula is C16H26N2O. The van der Waals surface area contributed by atoms with E-state index in [0.717, 1.165) is 30.6 Å². The van der Waals surface area contributed by atoms with Crippen LogP contribution in [0.3, 0.4) is 0 Å². The van der Waals surface area contributed by atoms with Crippen LogP contribution in [0.25, 0.3) is 0 Å². The molecule has 0 spiro atoms. The fraction of sp³-hybridized carbons (Fsp3) is 0.562. The number of carbonyl (C=O) groups excluding carboxylic acids is 1. The smallest absolute Gasteiger partial charge is 0.226 e. The zero-order valence-electron chi connectivity index (χ0n) is 12.4. The van der Waals surface area contributed by atoms with E-state index in [2.05, 4.69) is 13.8 Å². The molecule has 0 fully saturated rings. The largest absolute Gasteiger partial charge is 0.342 e. The predicted octanol–water partition coefficient (Wildman–Crippen LogP) is 2.58. The van der Waals surface area contributed by atoms with Crippen molar-refractivity contribution in [2.75, 3.05) is 13.1 Å². The number of carbonyl (C=O) groups is 1. The second-order valence-electron chi connectivity index (χ2n) is 5.14. The van der Waals surface area contributed by atoms with Gasteiger partial charge >= 0.3 is 0 Å². The molecule has 0 saturated heterocycles. The summed E-state index contributed by atoms with van der Waals surface area (Å²) in [5.41, 5.74) is 7.73. The molecule has 106 valence electrons. The van der Waals surface area contributed by atoms with Crippen LogP contribution in [0.15, 0.2) is 24.3 Å². The summed E-state index contributed by atoms with van der Waals surface area (Å²) in [4.78, 5) is 14.2. The molecule has 0 radical (unpaired) electrons. The van der Waals surface area contributed by atoms with Crippen molar-refractivity contribution in [2.24, 2.45) is 11.7 Å². The third-order valence-corrected chi connectivity index (χ3v) is 3.58. The van der Waals surface area contributed by atoms with E-state index in [9.17, 15) is 4.79 Å². The summed E-state index contributed by atoms with van der Waals surface area (Å²) < 4.78 is 0. The quantitative estimate of drug-likeness (QED) is 0.821. The molecule has 1 aromatic rings. The SMILES string of the molecule is CCC(C)CN(CC)C(=O)Cc1ccc(CN)cc1. The summed E-state index contributed by atoms with van der Waals surface area (Å²) in [6.07, 6.45) is 1.59. The summed E-state index contributed by atoms with van der Waals surface area (Å²) >= 11 is 0. The molecule has 0 bridgehead atoms. The topological polar surface area (TPSA) is 46.3 Å². The molecule has 1 unspecified atom stereocenters. The number of likely N-dealkylation sites (N-methyl/N-ethyl adjacent to an activating group) is 1. The zero-order valence-corrected chi connectivity index (χ0v) is 12.4. The zero-order chi connectivity index (χ0) is 14.3. The van der Waals surface area contributed by atoms with Gasteiger partial charge in [0.05, 0.1) is 6.42 Å². The van der Waals surface area contributed by atoms with Crippen LogP contribution in [0, 0.1) is 5.92 Å². The number of nitrogens with two attached hydrogens (primary N) is 1. The Morgan fingerprint density at radius 3 is 2.26 bits per heavy atom. The maximum atomic E-state index is 12.3. The Labute approximate surface area is 116 Å². The van der Waals surface area contributed by atoms with Crippen molar-refractivity contribution >= 4 is 5.91 Å². The lowest BCUT2D eigenvalue weighted by atomic mass is 10.1. The average molecular weight is 262 g/mol. The molecule has 0 aliphatic rings. The van der Waals surface area contributed by atoms with Gasteiger partial charge in [-0.25, -0.2) is 0 Å². The van der Waals surface area contributed by atoms with Crippen LogP contribution >= 0.6 is 0 Å². The van der Waals surface area contributed by atoms with Gasteiger partial charge in [-0.1, -0.05) is 44.5 Å². The molecule has 1 atom stereocenters. The summed E-state index contributed by atoms with van der Waals surface area (Å²) in [6.45, 7) is 8.57. The van der Waals surface area contributed by atoms with Gasteiger partial charge in [-0.05, 0) is 24.0 Å². The lowest BCUT2D eigenvalue weighted by Crippen LogP contribution is -2.35. The Hall–Kier alpha value is -1.35. The van der Waals surface area contributed by atoms with E-state index in [1.54, 1.807) is 0 Å². The molecular weight excluding hydrogens is 236 g/mol. The number of hydrogen-bond donors (Lipinski definition) is 1. The summed E-state index contributed by atoms with van der Waals surface area (Å²) in [5, 5.41) is 0. The highest BCUT2D eigenvalue weighted by Crippen LogP contribution is 2.09. The van der Waals surface area contributed by atoms with Gasteiger partial charge in [-0.3, -0.25) is 4.79 Å². The summed E-state index contributed by atoms with van der Waals surface area (Å²) in [5.74, 6) is 0.770. The molecule has 0 saturated carbocycles. The van der Waals surface area contributed by atoms with Gasteiger partial charge in [0.2, 0.25) is 5.91 Å². The van der Waals surface area contributed by atoms with Gasteiger partial charge in [-0.15, -0.1) is 0 Å². The van der Waals surface area contributed by atoms with Gasteiger partial charge in [0.15, 0.2) is 0 Å². The van der Waals surface area contributed by atoms with Crippen LogP contribution in [0.2, 0.25) is 0 Å². The first-order valence-corrected chi connectivity index (χ1v) is 7.16. The fourth-order valence-corrected chi connectivity index (χ4v) is 1.99. The monoisotopic (exact) mass is 262 g/mol. The van der Waals surface area contributed by atoms with Crippen molar-refractivity contribution in [1.82, 2.24) is 4.90 Å². The lowest BCUT2D eigenvalue weighted by Gasteiger charge is -2.24. The Morgan fingerprint density at radius 1 is 1.21 bits per heavy atom. The Balaban J connectivity index is 2.60. The van der Waals surface area contributed by atoms with E-state index < -0.39 is 0 Å². The van der Waals surface area contributed by atoms with Crippen molar-refractivity contribution in [2.45, 2.75) is 40.2 Å². The Kier molecular flexibility index (Phi) is 6.57. The van der Waals surface area contributed by atoms with Gasteiger partial charge in [0.25, 0.3) is 0 Å². The lowest BCUT2D eigenvalue weighted by molar-refractivity contribution is -0.130. The second kappa shape index (κ2) is 7.95. The first-order valence-electron chi connectivity index (χ1n) is 7.16. The van der Waals surface area contributed by atoms with E-state index in [4.69, 9.17) is 5.73 Å². The molecule has 3 nitrogen and oxygen atoms in total. The minimum atomic E-state index is 0.211. The van der Waals surface area contributed by atoms with E-state index >= 15 is 0 Å². The first kappa shape index (κ1) is 15.7. The van der Waals surface area contributed by atoms with E-state index in [-0.39, 0.29) is 5.91 Å². The molecule has 0 aliphatic heterocycles. The molecule has 2 N–H and O–H groups in total. The second-order valence-corrected chi connectivity index (χ2v) is 5.14. The summed E-state index contributed by atoms with van der Waals surface area (Å²) in [7, 11) is 0. The van der Waals surface area contributed by atoms with Crippen LogP contribution in [-0.2, 0) is 17.8 Å². The third kappa shape index (κ3) is 5.03. The van der Waals surface area contributed by atoms with Crippen molar-refractivity contribution in [1.29, 1.82) is 0 Å². The van der Waals surface area contributed by atoms with Gasteiger partial charge < -0.3 is 10.6 Å². The van der Waals surface area contributed by atoms with Crippen LogP contribution in [0.5, 0.6) is 0 Å². The number of rotatable bonds is 7. The van der Waals surface area contributed by atoms with Crippen molar-refractivity contribution in [3.63, 3.8) is 0 Å². The average Bonchev–Trinajstić information content (AvgIpc) is 2.45. The highest BCUT2D eigenvalue weighted by atomic mass is 16.2. The minimum Gasteiger partial charge on any atom is -0.342 e. The van der Waals surface area contributed by atoms with Crippen LogP contribution < -0.4 is 5.73 Å². The number of hydrogen-bond acceptors (Lipinski definition) is 2. The van der Waals surface area contributed by atoms with E-state index in [1.165, 1.54) is 0 Å². The maximum absolute atomic E-state index is 12.3. The van der Waals surface area contributed by atoms with Crippen LogP contribution in [0.4, 0.5) is 0 Å². The van der Waals surface area contributed by atoms with Gasteiger partial charge in [-0.2, -0.15) is 0 Å². The fourth-order valence-electron chi connectivity index (χ4n) is 1.99. The number of amides is 1. The molecule has 0 aliphatic carbocycles. The van der Waals surface area contributed by atoms with Crippen molar-refractivity contribution in [3.05, 3.63) is 35.4 Å². The summed E-state index contributed by atoms with van der Waals surface area (Å²) in [6, 6.07) is 7.98. The highest BCUT2D eigenvalue weighted by molar-refractivity contribution is 5.78. The Bertz CT molecular complexity index is 386. The van der Waals surface area contributed by atoms with E-state index in [0.29, 0.717) is 18.9 Å². The Morgan fingerprint density at radius 2 is 1.79 bits per heavy atom. The van der Waals surface area contributed by atoms with Crippen LogP contribution in [0.1, 0.15) is 38.3 Å². The minimum absolute atomic E-state index is 0.211. The van der Waals surface area contributed by atoms with Gasteiger partial charge in [0, 0.05) is 19.6 Å². The molecule has 1 aromatic carbocycles. The van der Waals surface area contributed by atoms with Gasteiger partial charge in [0.1, 0.15) is 0 Å². The molecule has 3 heteroatoms. The van der Waals surface area contributed by atoms with Crippen molar-refractivity contribution in [3.8, 4) is 0 Å². The van der Waals surface area contributed by atoms with Crippen LogP contribution in [-0.4, -0.2) is 23.9 Å². The standard InChI is InChI=1S/C16H26N2O/c1-4-13(3)12-18(5-2)16(19)10-14-6-8-15(11-17)9-7-14/h6-9,13H,4-5,10-12,17H2,1-3H3. The maximum Gasteiger partial charge on any atom is 0.226 e.